The molecule has 1 aliphatic rings. The minimum absolute atomic E-state index is 0.157. The van der Waals surface area contributed by atoms with E-state index in [0.717, 1.165) is 16.0 Å². The van der Waals surface area contributed by atoms with Gasteiger partial charge in [0.2, 0.25) is 0 Å². The molecular formula is C25H20Cl2N2O3. The molecule has 5 nitrogen and oxygen atoms in total. The first-order valence-corrected chi connectivity index (χ1v) is 10.6. The standard InChI is InChI=1S/C25H20Cl2N2O3/c1-14-8-9-17(27)13-20(14)29-24(30)22(18-6-4-5-7-21(18)32-3)23(25(29)31)28-19-11-10-16(26)12-15(19)2/h4-13,28H,1-3H3. The summed E-state index contributed by atoms with van der Waals surface area (Å²) in [5.41, 5.74) is 3.59. The first-order chi connectivity index (χ1) is 15.3. The summed E-state index contributed by atoms with van der Waals surface area (Å²) in [6.07, 6.45) is 0. The highest BCUT2D eigenvalue weighted by Gasteiger charge is 2.42. The topological polar surface area (TPSA) is 58.6 Å². The molecule has 0 aliphatic carbocycles. The van der Waals surface area contributed by atoms with Gasteiger partial charge in [-0.1, -0.05) is 47.5 Å². The number of hydrogen-bond donors (Lipinski definition) is 1. The van der Waals surface area contributed by atoms with Crippen molar-refractivity contribution < 1.29 is 14.3 Å². The second-order valence-corrected chi connectivity index (χ2v) is 8.28. The Morgan fingerprint density at radius 1 is 0.844 bits per heavy atom. The van der Waals surface area contributed by atoms with Gasteiger partial charge >= 0.3 is 0 Å². The zero-order valence-corrected chi connectivity index (χ0v) is 19.2. The zero-order chi connectivity index (χ0) is 23.0. The summed E-state index contributed by atoms with van der Waals surface area (Å²) in [7, 11) is 1.52. The van der Waals surface area contributed by atoms with Gasteiger partial charge in [-0.15, -0.1) is 0 Å². The SMILES string of the molecule is COc1ccccc1C1=C(Nc2ccc(Cl)cc2C)C(=O)N(c2cc(Cl)ccc2C)C1=O. The average Bonchev–Trinajstić information content (AvgIpc) is 3.01. The monoisotopic (exact) mass is 466 g/mol. The summed E-state index contributed by atoms with van der Waals surface area (Å²) < 4.78 is 5.48. The number of hydrogen-bond acceptors (Lipinski definition) is 4. The van der Waals surface area contributed by atoms with Gasteiger partial charge in [-0.3, -0.25) is 9.59 Å². The number of nitrogens with one attached hydrogen (secondary N) is 1. The first-order valence-electron chi connectivity index (χ1n) is 9.87. The molecule has 4 rings (SSSR count). The highest BCUT2D eigenvalue weighted by Crippen LogP contribution is 2.39. The van der Waals surface area contributed by atoms with Crippen LogP contribution < -0.4 is 15.0 Å². The Morgan fingerprint density at radius 2 is 1.53 bits per heavy atom. The van der Waals surface area contributed by atoms with Gasteiger partial charge < -0.3 is 10.1 Å². The fourth-order valence-corrected chi connectivity index (χ4v) is 4.08. The molecule has 3 aromatic carbocycles. The Hall–Kier alpha value is -3.28. The minimum Gasteiger partial charge on any atom is -0.496 e. The van der Waals surface area contributed by atoms with Crippen LogP contribution in [-0.4, -0.2) is 18.9 Å². The molecular weight excluding hydrogens is 447 g/mol. The lowest BCUT2D eigenvalue weighted by Gasteiger charge is -2.18. The first kappa shape index (κ1) is 21.9. The summed E-state index contributed by atoms with van der Waals surface area (Å²) in [5, 5.41) is 4.18. The Balaban J connectivity index is 1.91. The number of carbonyl (C=O) groups excluding carboxylic acids is 2. The van der Waals surface area contributed by atoms with Crippen LogP contribution in [0.5, 0.6) is 5.75 Å². The van der Waals surface area contributed by atoms with E-state index in [-0.39, 0.29) is 11.3 Å². The summed E-state index contributed by atoms with van der Waals surface area (Å²) in [5.74, 6) is -0.449. The van der Waals surface area contributed by atoms with Crippen LogP contribution in [0.1, 0.15) is 16.7 Å². The molecule has 0 aromatic heterocycles. The van der Waals surface area contributed by atoms with Crippen molar-refractivity contribution in [2.24, 2.45) is 0 Å². The third-order valence-corrected chi connectivity index (χ3v) is 5.79. The van der Waals surface area contributed by atoms with E-state index in [0.29, 0.717) is 32.7 Å². The molecule has 0 fully saturated rings. The predicted molar refractivity (Wildman–Crippen MR) is 128 cm³/mol. The van der Waals surface area contributed by atoms with E-state index in [1.54, 1.807) is 60.7 Å². The maximum atomic E-state index is 13.7. The molecule has 7 heteroatoms. The number of para-hydroxylation sites is 1. The molecule has 0 atom stereocenters. The van der Waals surface area contributed by atoms with Crippen LogP contribution in [0.25, 0.3) is 5.57 Å². The molecule has 0 radical (unpaired) electrons. The normalized spacial score (nSPS) is 13.7. The Kier molecular flexibility index (Phi) is 5.96. The summed E-state index contributed by atoms with van der Waals surface area (Å²) in [6, 6.07) is 17.5. The van der Waals surface area contributed by atoms with E-state index in [9.17, 15) is 9.59 Å². The van der Waals surface area contributed by atoms with Crippen LogP contribution in [-0.2, 0) is 9.59 Å². The number of ether oxygens (including phenoxy) is 1. The molecule has 1 N–H and O–H groups in total. The van der Waals surface area contributed by atoms with E-state index in [2.05, 4.69) is 5.32 Å². The van der Waals surface area contributed by atoms with Gasteiger partial charge in [0.25, 0.3) is 11.8 Å². The van der Waals surface area contributed by atoms with Crippen molar-refractivity contribution in [3.8, 4) is 5.75 Å². The number of carbonyl (C=O) groups is 2. The van der Waals surface area contributed by atoms with E-state index < -0.39 is 11.8 Å². The molecule has 1 aliphatic heterocycles. The maximum Gasteiger partial charge on any atom is 0.282 e. The van der Waals surface area contributed by atoms with Crippen LogP contribution in [0.4, 0.5) is 11.4 Å². The lowest BCUT2D eigenvalue weighted by atomic mass is 10.0. The quantitative estimate of drug-likeness (QED) is 0.467. The van der Waals surface area contributed by atoms with Crippen molar-refractivity contribution in [3.05, 3.63) is 93.1 Å². The van der Waals surface area contributed by atoms with Crippen LogP contribution in [0.3, 0.4) is 0 Å². The molecule has 1 heterocycles. The zero-order valence-electron chi connectivity index (χ0n) is 17.7. The van der Waals surface area contributed by atoms with Gasteiger partial charge in [0.1, 0.15) is 11.4 Å². The smallest absolute Gasteiger partial charge is 0.282 e. The highest BCUT2D eigenvalue weighted by molar-refractivity contribution is 6.47. The lowest BCUT2D eigenvalue weighted by molar-refractivity contribution is -0.120. The second-order valence-electron chi connectivity index (χ2n) is 7.41. The van der Waals surface area contributed by atoms with Crippen LogP contribution >= 0.6 is 23.2 Å². The molecule has 0 bridgehead atoms. The van der Waals surface area contributed by atoms with Crippen molar-refractivity contribution in [2.75, 3.05) is 17.3 Å². The number of anilines is 2. The number of aryl methyl sites for hydroxylation is 2. The molecule has 162 valence electrons. The molecule has 2 amide bonds. The van der Waals surface area contributed by atoms with E-state index in [4.69, 9.17) is 27.9 Å². The second kappa shape index (κ2) is 8.69. The van der Waals surface area contributed by atoms with Crippen molar-refractivity contribution >= 4 is 52.0 Å². The third kappa shape index (κ3) is 3.85. The molecule has 0 saturated heterocycles. The van der Waals surface area contributed by atoms with Gasteiger partial charge in [-0.25, -0.2) is 4.90 Å². The number of imide groups is 1. The van der Waals surface area contributed by atoms with Gasteiger partial charge in [-0.2, -0.15) is 0 Å². The van der Waals surface area contributed by atoms with Gasteiger partial charge in [0, 0.05) is 21.3 Å². The third-order valence-electron chi connectivity index (χ3n) is 5.32. The molecule has 0 unspecified atom stereocenters. The number of rotatable bonds is 5. The lowest BCUT2D eigenvalue weighted by Crippen LogP contribution is -2.33. The van der Waals surface area contributed by atoms with Crippen molar-refractivity contribution in [2.45, 2.75) is 13.8 Å². The number of benzene rings is 3. The number of amides is 2. The van der Waals surface area contributed by atoms with Crippen LogP contribution in [0.15, 0.2) is 66.4 Å². The average molecular weight is 467 g/mol. The molecule has 3 aromatic rings. The van der Waals surface area contributed by atoms with Crippen molar-refractivity contribution in [1.82, 2.24) is 0 Å². The molecule has 0 saturated carbocycles. The summed E-state index contributed by atoms with van der Waals surface area (Å²) >= 11 is 12.3. The molecule has 0 spiro atoms. The van der Waals surface area contributed by atoms with Crippen molar-refractivity contribution in [3.63, 3.8) is 0 Å². The Morgan fingerprint density at radius 3 is 2.25 bits per heavy atom. The van der Waals surface area contributed by atoms with Gasteiger partial charge in [0.05, 0.1) is 18.4 Å². The fourth-order valence-electron chi connectivity index (χ4n) is 3.69. The highest BCUT2D eigenvalue weighted by atomic mass is 35.5. The van der Waals surface area contributed by atoms with Crippen molar-refractivity contribution in [1.29, 1.82) is 0 Å². The van der Waals surface area contributed by atoms with Crippen LogP contribution in [0, 0.1) is 13.8 Å². The fraction of sp³-hybridized carbons (Fsp3) is 0.120. The van der Waals surface area contributed by atoms with E-state index in [1.165, 1.54) is 7.11 Å². The number of halogens is 2. The summed E-state index contributed by atoms with van der Waals surface area (Å²) in [6.45, 7) is 3.70. The largest absolute Gasteiger partial charge is 0.496 e. The predicted octanol–water partition coefficient (Wildman–Crippen LogP) is 6.02. The van der Waals surface area contributed by atoms with Gasteiger partial charge in [0.15, 0.2) is 0 Å². The number of methoxy groups -OCH3 is 1. The van der Waals surface area contributed by atoms with E-state index >= 15 is 0 Å². The molecule has 32 heavy (non-hydrogen) atoms. The Bertz CT molecular complexity index is 1280. The summed E-state index contributed by atoms with van der Waals surface area (Å²) in [4.78, 5) is 28.4. The maximum absolute atomic E-state index is 13.7. The van der Waals surface area contributed by atoms with Crippen LogP contribution in [0.2, 0.25) is 10.0 Å². The number of nitrogens with zero attached hydrogens (tertiary/aromatic N) is 1. The minimum atomic E-state index is -0.476. The Labute approximate surface area is 196 Å². The van der Waals surface area contributed by atoms with Gasteiger partial charge in [-0.05, 0) is 61.4 Å². The van der Waals surface area contributed by atoms with E-state index in [1.807, 2.05) is 13.8 Å².